The molecule has 0 aliphatic carbocycles. The van der Waals surface area contributed by atoms with E-state index in [1.165, 1.54) is 0 Å². The molecule has 1 unspecified atom stereocenters. The average Bonchev–Trinajstić information content (AvgIpc) is 3.72. The number of rotatable bonds is 9. The van der Waals surface area contributed by atoms with E-state index in [-0.39, 0.29) is 30.7 Å². The van der Waals surface area contributed by atoms with Crippen LogP contribution in [0.3, 0.4) is 0 Å². The van der Waals surface area contributed by atoms with Crippen LogP contribution in [0, 0.1) is 0 Å². The number of allylic oxidation sites excluding steroid dienone is 2. The Bertz CT molecular complexity index is 1580. The maximum absolute atomic E-state index is 12.9. The van der Waals surface area contributed by atoms with Crippen molar-refractivity contribution in [3.63, 3.8) is 0 Å². The van der Waals surface area contributed by atoms with Crippen LogP contribution in [0.1, 0.15) is 45.2 Å². The van der Waals surface area contributed by atoms with Gasteiger partial charge in [-0.05, 0) is 38.8 Å². The number of guanidine groups is 1. The van der Waals surface area contributed by atoms with Gasteiger partial charge in [-0.1, -0.05) is 13.0 Å². The summed E-state index contributed by atoms with van der Waals surface area (Å²) in [4.78, 5) is 41.3. The van der Waals surface area contributed by atoms with E-state index in [2.05, 4.69) is 20.3 Å². The molecule has 0 radical (unpaired) electrons. The smallest absolute Gasteiger partial charge is 0.374 e. The molecule has 1 aromatic rings. The summed E-state index contributed by atoms with van der Waals surface area (Å²) >= 11 is 0. The van der Waals surface area contributed by atoms with Crippen LogP contribution in [0.25, 0.3) is 5.57 Å². The molecule has 5 heterocycles. The average molecular weight is 606 g/mol. The lowest BCUT2D eigenvalue weighted by atomic mass is 9.92. The van der Waals surface area contributed by atoms with Crippen molar-refractivity contribution in [2.24, 2.45) is 20.7 Å². The van der Waals surface area contributed by atoms with Crippen LogP contribution in [0.5, 0.6) is 17.2 Å². The molecule has 5 aliphatic heterocycles. The van der Waals surface area contributed by atoms with E-state index in [1.807, 2.05) is 29.0 Å². The molecular weight excluding hydrogens is 570 g/mol. The first-order valence-electron chi connectivity index (χ1n) is 14.5. The van der Waals surface area contributed by atoms with E-state index in [1.54, 1.807) is 39.1 Å². The molecule has 6 rings (SSSR count). The summed E-state index contributed by atoms with van der Waals surface area (Å²) in [7, 11) is 0. The molecule has 232 valence electrons. The summed E-state index contributed by atoms with van der Waals surface area (Å²) < 4.78 is 23.8. The lowest BCUT2D eigenvalue weighted by Crippen LogP contribution is -2.53. The Kier molecular flexibility index (Phi) is 7.53. The van der Waals surface area contributed by atoms with Crippen LogP contribution in [-0.4, -0.2) is 88.7 Å². The molecule has 2 atom stereocenters. The first-order valence-corrected chi connectivity index (χ1v) is 14.5. The predicted molar refractivity (Wildman–Crippen MR) is 161 cm³/mol. The fraction of sp³-hybridized carbons (Fsp3) is 0.433. The first kappa shape index (κ1) is 29.2. The van der Waals surface area contributed by atoms with Gasteiger partial charge in [0.05, 0.1) is 24.4 Å². The molecule has 4 N–H and O–H groups in total. The van der Waals surface area contributed by atoms with E-state index in [9.17, 15) is 14.7 Å². The topological polar surface area (TPSA) is 173 Å². The van der Waals surface area contributed by atoms with Gasteiger partial charge in [-0.25, -0.2) is 4.79 Å². The van der Waals surface area contributed by atoms with E-state index in [0.29, 0.717) is 53.8 Å². The van der Waals surface area contributed by atoms with Gasteiger partial charge in [0.25, 0.3) is 0 Å². The zero-order chi connectivity index (χ0) is 31.2. The third-order valence-corrected chi connectivity index (χ3v) is 7.62. The molecule has 1 amide bonds. The number of amidine groups is 1. The molecule has 0 saturated carbocycles. The quantitative estimate of drug-likeness (QED) is 0.347. The summed E-state index contributed by atoms with van der Waals surface area (Å²) in [6.07, 6.45) is 7.57. The Balaban J connectivity index is 1.36. The van der Waals surface area contributed by atoms with Gasteiger partial charge in [0.2, 0.25) is 11.7 Å². The molecule has 0 fully saturated rings. The summed E-state index contributed by atoms with van der Waals surface area (Å²) in [6.45, 7) is 8.36. The highest BCUT2D eigenvalue weighted by atomic mass is 16.6. The van der Waals surface area contributed by atoms with Crippen LogP contribution >= 0.6 is 0 Å². The molecule has 0 saturated heterocycles. The normalized spacial score (nSPS) is 22.7. The molecule has 14 nitrogen and oxygen atoms in total. The summed E-state index contributed by atoms with van der Waals surface area (Å²) in [5.74, 6) is 0.656. The van der Waals surface area contributed by atoms with Crippen LogP contribution in [0.2, 0.25) is 0 Å². The number of carbonyl (C=O) groups is 2. The fourth-order valence-corrected chi connectivity index (χ4v) is 5.49. The van der Waals surface area contributed by atoms with Gasteiger partial charge in [0, 0.05) is 37.0 Å². The minimum Gasteiger partial charge on any atom is -0.492 e. The lowest BCUT2D eigenvalue weighted by molar-refractivity contribution is -0.141. The van der Waals surface area contributed by atoms with Gasteiger partial charge in [0.1, 0.15) is 30.0 Å². The van der Waals surface area contributed by atoms with Crippen LogP contribution < -0.4 is 25.3 Å². The van der Waals surface area contributed by atoms with Gasteiger partial charge in [-0.15, -0.1) is 0 Å². The van der Waals surface area contributed by atoms with Crippen molar-refractivity contribution in [2.75, 3.05) is 26.4 Å². The maximum atomic E-state index is 12.9. The molecule has 1 aromatic carbocycles. The van der Waals surface area contributed by atoms with Gasteiger partial charge >= 0.3 is 11.9 Å². The second kappa shape index (κ2) is 11.3. The summed E-state index contributed by atoms with van der Waals surface area (Å²) in [6, 6.07) is 1.74. The number of aliphatic hydroxyl groups is 1. The van der Waals surface area contributed by atoms with E-state index < -0.39 is 29.9 Å². The number of amides is 1. The van der Waals surface area contributed by atoms with Gasteiger partial charge in [-0.3, -0.25) is 14.7 Å². The van der Waals surface area contributed by atoms with E-state index in [4.69, 9.17) is 24.7 Å². The monoisotopic (exact) mass is 605 g/mol. The highest BCUT2D eigenvalue weighted by molar-refractivity contribution is 6.69. The third-order valence-electron chi connectivity index (χ3n) is 7.62. The highest BCUT2D eigenvalue weighted by Crippen LogP contribution is 2.50. The van der Waals surface area contributed by atoms with Gasteiger partial charge < -0.3 is 40.0 Å². The number of carbonyl (C=O) groups excluding carboxylic acids is 2. The van der Waals surface area contributed by atoms with Crippen molar-refractivity contribution >= 4 is 35.0 Å². The Morgan fingerprint density at radius 3 is 2.86 bits per heavy atom. The SMILES string of the molecule is CCCOc1c2c(cc3c1/C(=C/CN1C=CNC1N1CN=C4C(=O)N=C(N)N=C41)C=C(C(=O)OCC)O3)O[C@H](C(C)(C)O)C2. The number of fused-ring (bicyclic) bond motifs is 3. The maximum Gasteiger partial charge on any atom is 0.374 e. The number of nitrogens with zero attached hydrogens (tertiary/aromatic N) is 5. The number of ether oxygens (including phenoxy) is 4. The second-order valence-corrected chi connectivity index (χ2v) is 11.2. The van der Waals surface area contributed by atoms with Crippen molar-refractivity contribution in [3.05, 3.63) is 47.5 Å². The molecule has 5 aliphatic rings. The Morgan fingerprint density at radius 1 is 1.30 bits per heavy atom. The van der Waals surface area contributed by atoms with Gasteiger partial charge in [-0.2, -0.15) is 9.98 Å². The van der Waals surface area contributed by atoms with Crippen molar-refractivity contribution in [1.82, 2.24) is 15.1 Å². The van der Waals surface area contributed by atoms with Gasteiger partial charge in [0.15, 0.2) is 17.8 Å². The number of aliphatic imine (C=N–C) groups is 3. The number of esters is 1. The minimum atomic E-state index is -1.09. The van der Waals surface area contributed by atoms with Crippen LogP contribution in [-0.2, 0) is 20.7 Å². The van der Waals surface area contributed by atoms with E-state index >= 15 is 0 Å². The standard InChI is InChI=1S/C30H35N7O7/c1-5-11-42-24-17-13-21(30(3,4)40)44-18(17)14-19-22(24)16(12-20(43-19)27(39)41-6-2)7-9-36-10-8-32-29(36)37-15-33-23-25(37)34-28(31)35-26(23)38/h7-8,10,12,14,21,29,32,40H,5-6,9,11,13,15H2,1-4H3,(H2,31,35,38)/b16-7+/t21-,29?/m0/s1. The number of hydrogen-bond donors (Lipinski definition) is 3. The number of hydrogen-bond acceptors (Lipinski definition) is 13. The molecular formula is C30H35N7O7. The minimum absolute atomic E-state index is 0.0260. The Hall–Kier alpha value is -4.85. The summed E-state index contributed by atoms with van der Waals surface area (Å²) in [5, 5.41) is 14.0. The number of nitrogens with one attached hydrogen (secondary N) is 1. The molecule has 14 heteroatoms. The zero-order valence-corrected chi connectivity index (χ0v) is 25.0. The Labute approximate surface area is 254 Å². The third kappa shape index (κ3) is 5.25. The highest BCUT2D eigenvalue weighted by Gasteiger charge is 2.41. The number of benzene rings is 1. The van der Waals surface area contributed by atoms with Crippen LogP contribution in [0.15, 0.2) is 51.4 Å². The molecule has 44 heavy (non-hydrogen) atoms. The molecule has 0 aromatic heterocycles. The number of nitrogens with two attached hydrogens (primary N) is 1. The Morgan fingerprint density at radius 2 is 2.11 bits per heavy atom. The van der Waals surface area contributed by atoms with Crippen molar-refractivity contribution in [1.29, 1.82) is 0 Å². The molecule has 0 bridgehead atoms. The van der Waals surface area contributed by atoms with E-state index in [0.717, 1.165) is 12.0 Å². The largest absolute Gasteiger partial charge is 0.492 e. The van der Waals surface area contributed by atoms with Crippen molar-refractivity contribution in [2.45, 2.75) is 58.5 Å². The lowest BCUT2D eigenvalue weighted by Gasteiger charge is -2.33. The predicted octanol–water partition coefficient (Wildman–Crippen LogP) is 1.40. The molecule has 0 spiro atoms. The first-order chi connectivity index (χ1) is 21.1. The fourth-order valence-electron chi connectivity index (χ4n) is 5.49. The van der Waals surface area contributed by atoms with Crippen molar-refractivity contribution < 1.29 is 33.6 Å². The van der Waals surface area contributed by atoms with Crippen LogP contribution in [0.4, 0.5) is 0 Å². The summed E-state index contributed by atoms with van der Waals surface area (Å²) in [5.41, 5.74) is 7.04. The zero-order valence-electron chi connectivity index (χ0n) is 25.0. The van der Waals surface area contributed by atoms with Crippen molar-refractivity contribution in [3.8, 4) is 17.2 Å². The second-order valence-electron chi connectivity index (χ2n) is 11.2.